The van der Waals surface area contributed by atoms with E-state index in [1.807, 2.05) is 18.2 Å². The fourth-order valence-electron chi connectivity index (χ4n) is 1.80. The van der Waals surface area contributed by atoms with E-state index < -0.39 is 0 Å². The Bertz CT molecular complexity index is 535. The Kier molecular flexibility index (Phi) is 4.71. The van der Waals surface area contributed by atoms with Crippen LogP contribution in [-0.2, 0) is 6.42 Å². The van der Waals surface area contributed by atoms with Crippen LogP contribution in [-0.4, -0.2) is 0 Å². The molecule has 0 bridgehead atoms. The molecule has 0 N–H and O–H groups in total. The molecule has 0 saturated heterocycles. The lowest BCUT2D eigenvalue weighted by atomic mass is 10.0. The van der Waals surface area contributed by atoms with Crippen molar-refractivity contribution in [3.05, 3.63) is 68.7 Å². The average Bonchev–Trinajstić information content (AvgIpc) is 2.35. The predicted molar refractivity (Wildman–Crippen MR) is 82.6 cm³/mol. The number of hydrogen-bond acceptors (Lipinski definition) is 0. The summed E-state index contributed by atoms with van der Waals surface area (Å²) in [7, 11) is 0. The largest absolute Gasteiger partial charge is 0.117 e. The lowest BCUT2D eigenvalue weighted by molar-refractivity contribution is 0.918. The van der Waals surface area contributed by atoms with Crippen LogP contribution in [0.2, 0.25) is 5.02 Å². The van der Waals surface area contributed by atoms with Gasteiger partial charge >= 0.3 is 0 Å². The highest BCUT2D eigenvalue weighted by Gasteiger charge is 2.14. The smallest absolute Gasteiger partial charge is 0.0640 e. The fourth-order valence-corrected chi connectivity index (χ4v) is 2.86. The molecule has 0 aromatic heterocycles. The zero-order valence-corrected chi connectivity index (χ0v) is 13.1. The van der Waals surface area contributed by atoms with E-state index in [1.165, 1.54) is 11.1 Å². The van der Waals surface area contributed by atoms with Crippen molar-refractivity contribution in [2.75, 3.05) is 0 Å². The monoisotopic (exact) mass is 342 g/mol. The second-order valence-electron chi connectivity index (χ2n) is 4.30. The van der Waals surface area contributed by atoms with E-state index in [2.05, 4.69) is 47.1 Å². The second-order valence-corrected chi connectivity index (χ2v) is 6.06. The number of halogens is 3. The minimum Gasteiger partial charge on any atom is -0.117 e. The van der Waals surface area contributed by atoms with Crippen LogP contribution in [0.15, 0.2) is 46.9 Å². The van der Waals surface area contributed by atoms with Gasteiger partial charge < -0.3 is 0 Å². The molecule has 0 saturated carbocycles. The zero-order chi connectivity index (χ0) is 13.1. The van der Waals surface area contributed by atoms with Gasteiger partial charge in [0.15, 0.2) is 0 Å². The molecule has 0 aliphatic heterocycles. The zero-order valence-electron chi connectivity index (χ0n) is 9.96. The van der Waals surface area contributed by atoms with Gasteiger partial charge in [-0.15, -0.1) is 11.6 Å². The Labute approximate surface area is 126 Å². The first-order chi connectivity index (χ1) is 8.58. The Morgan fingerprint density at radius 2 is 1.78 bits per heavy atom. The highest BCUT2D eigenvalue weighted by Crippen LogP contribution is 2.35. The van der Waals surface area contributed by atoms with Gasteiger partial charge in [-0.05, 0) is 46.5 Å². The average molecular weight is 344 g/mol. The summed E-state index contributed by atoms with van der Waals surface area (Å²) >= 11 is 16.1. The molecule has 0 fully saturated rings. The third kappa shape index (κ3) is 3.28. The van der Waals surface area contributed by atoms with Crippen LogP contribution in [0.4, 0.5) is 0 Å². The Balaban J connectivity index is 2.19. The van der Waals surface area contributed by atoms with Gasteiger partial charge in [0.25, 0.3) is 0 Å². The van der Waals surface area contributed by atoms with Crippen LogP contribution in [0.3, 0.4) is 0 Å². The number of rotatable bonds is 3. The molecular formula is C15H13BrCl2. The Morgan fingerprint density at radius 3 is 2.44 bits per heavy atom. The molecule has 2 aromatic rings. The SMILES string of the molecule is Cc1ccc(CC(Cl)c2cccc(Br)c2Cl)cc1. The van der Waals surface area contributed by atoms with Crippen molar-refractivity contribution < 1.29 is 0 Å². The summed E-state index contributed by atoms with van der Waals surface area (Å²) in [5.74, 6) is 0. The molecule has 0 aliphatic carbocycles. The maximum Gasteiger partial charge on any atom is 0.0640 e. The molecule has 2 rings (SSSR count). The minimum atomic E-state index is -0.113. The van der Waals surface area contributed by atoms with Gasteiger partial charge in [-0.25, -0.2) is 0 Å². The number of aryl methyl sites for hydroxylation is 1. The lowest BCUT2D eigenvalue weighted by Gasteiger charge is -2.13. The van der Waals surface area contributed by atoms with Gasteiger partial charge in [0.05, 0.1) is 10.4 Å². The first-order valence-electron chi connectivity index (χ1n) is 5.71. The highest BCUT2D eigenvalue weighted by atomic mass is 79.9. The van der Waals surface area contributed by atoms with Crippen LogP contribution in [0.1, 0.15) is 22.1 Å². The van der Waals surface area contributed by atoms with Crippen LogP contribution in [0, 0.1) is 6.92 Å². The van der Waals surface area contributed by atoms with Gasteiger partial charge in [0, 0.05) is 4.47 Å². The van der Waals surface area contributed by atoms with Crippen molar-refractivity contribution >= 4 is 39.1 Å². The summed E-state index contributed by atoms with van der Waals surface area (Å²) < 4.78 is 0.885. The molecule has 1 atom stereocenters. The van der Waals surface area contributed by atoms with E-state index >= 15 is 0 Å². The first-order valence-corrected chi connectivity index (χ1v) is 7.32. The second kappa shape index (κ2) is 6.10. The summed E-state index contributed by atoms with van der Waals surface area (Å²) in [5.41, 5.74) is 3.44. The van der Waals surface area contributed by atoms with Crippen molar-refractivity contribution in [1.29, 1.82) is 0 Å². The molecule has 0 aliphatic rings. The van der Waals surface area contributed by atoms with Gasteiger partial charge in [0.1, 0.15) is 0 Å². The van der Waals surface area contributed by atoms with Crippen molar-refractivity contribution in [3.8, 4) is 0 Å². The normalized spacial score (nSPS) is 12.4. The number of benzene rings is 2. The number of hydrogen-bond donors (Lipinski definition) is 0. The third-order valence-electron chi connectivity index (χ3n) is 2.85. The molecule has 18 heavy (non-hydrogen) atoms. The van der Waals surface area contributed by atoms with Crippen molar-refractivity contribution in [2.45, 2.75) is 18.7 Å². The Morgan fingerprint density at radius 1 is 1.11 bits per heavy atom. The molecule has 0 nitrogen and oxygen atoms in total. The van der Waals surface area contributed by atoms with Crippen LogP contribution in [0.25, 0.3) is 0 Å². The first kappa shape index (κ1) is 13.9. The molecule has 2 aromatic carbocycles. The predicted octanol–water partition coefficient (Wildman–Crippen LogP) is 5.93. The standard InChI is InChI=1S/C15H13BrCl2/c1-10-5-7-11(8-6-10)9-14(17)12-3-2-4-13(16)15(12)18/h2-8,14H,9H2,1H3. The van der Waals surface area contributed by atoms with E-state index in [0.29, 0.717) is 5.02 Å². The summed E-state index contributed by atoms with van der Waals surface area (Å²) in [6.45, 7) is 2.08. The summed E-state index contributed by atoms with van der Waals surface area (Å²) in [6, 6.07) is 14.3. The topological polar surface area (TPSA) is 0 Å². The Hall–Kier alpha value is -0.500. The maximum absolute atomic E-state index is 6.45. The van der Waals surface area contributed by atoms with Crippen molar-refractivity contribution in [3.63, 3.8) is 0 Å². The number of alkyl halides is 1. The molecule has 0 spiro atoms. The minimum absolute atomic E-state index is 0.113. The molecule has 0 amide bonds. The van der Waals surface area contributed by atoms with E-state index in [1.54, 1.807) is 0 Å². The summed E-state index contributed by atoms with van der Waals surface area (Å²) in [5, 5.41) is 0.585. The molecule has 1 unspecified atom stereocenters. The fraction of sp³-hybridized carbons (Fsp3) is 0.200. The quantitative estimate of drug-likeness (QED) is 0.605. The van der Waals surface area contributed by atoms with Gasteiger partial charge in [-0.3, -0.25) is 0 Å². The summed E-state index contributed by atoms with van der Waals surface area (Å²) in [6.07, 6.45) is 0.776. The van der Waals surface area contributed by atoms with E-state index in [0.717, 1.165) is 16.5 Å². The van der Waals surface area contributed by atoms with E-state index in [9.17, 15) is 0 Å². The van der Waals surface area contributed by atoms with Crippen molar-refractivity contribution in [2.24, 2.45) is 0 Å². The van der Waals surface area contributed by atoms with Crippen LogP contribution < -0.4 is 0 Å². The molecule has 3 heteroatoms. The lowest BCUT2D eigenvalue weighted by Crippen LogP contribution is -1.97. The van der Waals surface area contributed by atoms with Gasteiger partial charge in [-0.2, -0.15) is 0 Å². The molecule has 94 valence electrons. The van der Waals surface area contributed by atoms with E-state index in [4.69, 9.17) is 23.2 Å². The maximum atomic E-state index is 6.45. The van der Waals surface area contributed by atoms with Gasteiger partial charge in [-0.1, -0.05) is 53.6 Å². The van der Waals surface area contributed by atoms with E-state index in [-0.39, 0.29) is 5.38 Å². The molecule has 0 radical (unpaired) electrons. The summed E-state index contributed by atoms with van der Waals surface area (Å²) in [4.78, 5) is 0. The van der Waals surface area contributed by atoms with Gasteiger partial charge in [0.2, 0.25) is 0 Å². The van der Waals surface area contributed by atoms with Crippen LogP contribution >= 0.6 is 39.1 Å². The highest BCUT2D eigenvalue weighted by molar-refractivity contribution is 9.10. The molecular weight excluding hydrogens is 331 g/mol. The third-order valence-corrected chi connectivity index (χ3v) is 4.55. The molecule has 0 heterocycles. The van der Waals surface area contributed by atoms with Crippen molar-refractivity contribution in [1.82, 2.24) is 0 Å². The van der Waals surface area contributed by atoms with Crippen LogP contribution in [0.5, 0.6) is 0 Å².